The second kappa shape index (κ2) is 5.69. The van der Waals surface area contributed by atoms with E-state index in [1.165, 1.54) is 0 Å². The van der Waals surface area contributed by atoms with Crippen molar-refractivity contribution >= 4 is 17.5 Å². The Morgan fingerprint density at radius 2 is 2.39 bits per heavy atom. The molecule has 2 rings (SSSR count). The van der Waals surface area contributed by atoms with E-state index in [1.54, 1.807) is 11.0 Å². The first-order valence-corrected chi connectivity index (χ1v) is 6.37. The van der Waals surface area contributed by atoms with Crippen LogP contribution in [0.1, 0.15) is 15.9 Å². The van der Waals surface area contributed by atoms with Crippen LogP contribution in [0.4, 0.5) is 0 Å². The Balaban J connectivity index is 2.18. The summed E-state index contributed by atoms with van der Waals surface area (Å²) >= 11 is 6.17. The van der Waals surface area contributed by atoms with Gasteiger partial charge >= 0.3 is 0 Å². The number of halogens is 1. The molecule has 0 spiro atoms. The van der Waals surface area contributed by atoms with Crippen molar-refractivity contribution in [3.8, 4) is 0 Å². The van der Waals surface area contributed by atoms with E-state index in [4.69, 9.17) is 22.1 Å². The van der Waals surface area contributed by atoms with Gasteiger partial charge in [0.15, 0.2) is 0 Å². The SMILES string of the molecule is Cc1cccc(C(=O)N2CCOC(CN)C2)c1Cl. The molecule has 1 aliphatic heterocycles. The molecule has 98 valence electrons. The van der Waals surface area contributed by atoms with Gasteiger partial charge in [0.25, 0.3) is 5.91 Å². The van der Waals surface area contributed by atoms with Crippen molar-refractivity contribution in [2.75, 3.05) is 26.2 Å². The van der Waals surface area contributed by atoms with Crippen LogP contribution < -0.4 is 5.73 Å². The van der Waals surface area contributed by atoms with Crippen LogP contribution in [0.3, 0.4) is 0 Å². The third-order valence-corrected chi connectivity index (χ3v) is 3.61. The Morgan fingerprint density at radius 3 is 3.11 bits per heavy atom. The Bertz CT molecular complexity index is 451. The molecule has 0 aliphatic carbocycles. The highest BCUT2D eigenvalue weighted by atomic mass is 35.5. The van der Waals surface area contributed by atoms with Crippen LogP contribution in [0, 0.1) is 6.92 Å². The number of nitrogens with two attached hydrogens (primary N) is 1. The van der Waals surface area contributed by atoms with Gasteiger partial charge in [-0.05, 0) is 18.6 Å². The lowest BCUT2D eigenvalue weighted by atomic mass is 10.1. The molecule has 1 atom stereocenters. The van der Waals surface area contributed by atoms with Gasteiger partial charge in [-0.1, -0.05) is 23.7 Å². The van der Waals surface area contributed by atoms with Gasteiger partial charge in [0, 0.05) is 19.6 Å². The van der Waals surface area contributed by atoms with Crippen molar-refractivity contribution in [3.05, 3.63) is 34.3 Å². The number of rotatable bonds is 2. The largest absolute Gasteiger partial charge is 0.373 e. The fourth-order valence-corrected chi connectivity index (χ4v) is 2.24. The molecule has 5 heteroatoms. The summed E-state index contributed by atoms with van der Waals surface area (Å²) in [4.78, 5) is 14.1. The first-order valence-electron chi connectivity index (χ1n) is 5.99. The molecule has 1 unspecified atom stereocenters. The molecule has 1 heterocycles. The average molecular weight is 269 g/mol. The molecule has 1 aromatic rings. The molecule has 1 amide bonds. The van der Waals surface area contributed by atoms with Gasteiger partial charge in [-0.25, -0.2) is 0 Å². The number of morpholine rings is 1. The zero-order valence-electron chi connectivity index (χ0n) is 10.4. The summed E-state index contributed by atoms with van der Waals surface area (Å²) in [5.74, 6) is -0.0505. The highest BCUT2D eigenvalue weighted by molar-refractivity contribution is 6.34. The van der Waals surface area contributed by atoms with E-state index in [-0.39, 0.29) is 12.0 Å². The van der Waals surface area contributed by atoms with Crippen LogP contribution in [0.2, 0.25) is 5.02 Å². The maximum absolute atomic E-state index is 12.4. The molecule has 1 aromatic carbocycles. The molecule has 2 N–H and O–H groups in total. The van der Waals surface area contributed by atoms with E-state index in [0.29, 0.717) is 36.8 Å². The van der Waals surface area contributed by atoms with Crippen LogP contribution in [0.15, 0.2) is 18.2 Å². The van der Waals surface area contributed by atoms with Crippen molar-refractivity contribution in [2.45, 2.75) is 13.0 Å². The minimum absolute atomic E-state index is 0.0505. The fourth-order valence-electron chi connectivity index (χ4n) is 2.03. The summed E-state index contributed by atoms with van der Waals surface area (Å²) in [5, 5.41) is 0.526. The number of hydrogen-bond donors (Lipinski definition) is 1. The van der Waals surface area contributed by atoms with E-state index in [0.717, 1.165) is 5.56 Å². The number of nitrogens with zero attached hydrogens (tertiary/aromatic N) is 1. The van der Waals surface area contributed by atoms with E-state index >= 15 is 0 Å². The fraction of sp³-hybridized carbons (Fsp3) is 0.462. The van der Waals surface area contributed by atoms with Gasteiger partial charge in [0.05, 0.1) is 23.3 Å². The predicted octanol–water partition coefficient (Wildman–Crippen LogP) is 1.45. The zero-order valence-corrected chi connectivity index (χ0v) is 11.1. The van der Waals surface area contributed by atoms with E-state index < -0.39 is 0 Å². The van der Waals surface area contributed by atoms with Crippen LogP contribution in [0.25, 0.3) is 0 Å². The van der Waals surface area contributed by atoms with Gasteiger partial charge in [0.1, 0.15) is 0 Å². The van der Waals surface area contributed by atoms with E-state index in [1.807, 2.05) is 19.1 Å². The number of benzene rings is 1. The van der Waals surface area contributed by atoms with Crippen LogP contribution in [0.5, 0.6) is 0 Å². The predicted molar refractivity (Wildman–Crippen MR) is 70.9 cm³/mol. The molecule has 4 nitrogen and oxygen atoms in total. The molecular weight excluding hydrogens is 252 g/mol. The third kappa shape index (κ3) is 2.66. The normalized spacial score (nSPS) is 19.9. The van der Waals surface area contributed by atoms with Crippen molar-refractivity contribution in [1.29, 1.82) is 0 Å². The maximum atomic E-state index is 12.4. The first-order chi connectivity index (χ1) is 8.63. The Hall–Kier alpha value is -1.10. The average Bonchev–Trinajstić information content (AvgIpc) is 2.41. The van der Waals surface area contributed by atoms with Gasteiger partial charge in [-0.2, -0.15) is 0 Å². The monoisotopic (exact) mass is 268 g/mol. The van der Waals surface area contributed by atoms with Crippen LogP contribution in [-0.4, -0.2) is 43.2 Å². The van der Waals surface area contributed by atoms with Gasteiger partial charge in [0.2, 0.25) is 0 Å². The smallest absolute Gasteiger partial charge is 0.255 e. The van der Waals surface area contributed by atoms with Gasteiger partial charge in [-0.15, -0.1) is 0 Å². The van der Waals surface area contributed by atoms with Crippen molar-refractivity contribution in [1.82, 2.24) is 4.90 Å². The highest BCUT2D eigenvalue weighted by Crippen LogP contribution is 2.22. The van der Waals surface area contributed by atoms with Crippen molar-refractivity contribution in [3.63, 3.8) is 0 Å². The van der Waals surface area contributed by atoms with E-state index in [9.17, 15) is 4.79 Å². The van der Waals surface area contributed by atoms with Gasteiger partial charge < -0.3 is 15.4 Å². The lowest BCUT2D eigenvalue weighted by Gasteiger charge is -2.32. The highest BCUT2D eigenvalue weighted by Gasteiger charge is 2.25. The number of carbonyl (C=O) groups excluding carboxylic acids is 1. The number of carbonyl (C=O) groups is 1. The molecule has 1 aliphatic rings. The number of hydrogen-bond acceptors (Lipinski definition) is 3. The third-order valence-electron chi connectivity index (χ3n) is 3.11. The van der Waals surface area contributed by atoms with E-state index in [2.05, 4.69) is 0 Å². The summed E-state index contributed by atoms with van der Waals surface area (Å²) < 4.78 is 5.45. The quantitative estimate of drug-likeness (QED) is 0.883. The summed E-state index contributed by atoms with van der Waals surface area (Å²) in [6.45, 7) is 3.95. The molecule has 18 heavy (non-hydrogen) atoms. The summed E-state index contributed by atoms with van der Waals surface area (Å²) in [6, 6.07) is 5.49. The number of aryl methyl sites for hydroxylation is 1. The molecular formula is C13H17ClN2O2. The second-order valence-corrected chi connectivity index (χ2v) is 4.79. The molecule has 0 bridgehead atoms. The molecule has 0 radical (unpaired) electrons. The first kappa shape index (κ1) is 13.3. The summed E-state index contributed by atoms with van der Waals surface area (Å²) in [6.07, 6.45) is -0.0775. The summed E-state index contributed by atoms with van der Waals surface area (Å²) in [5.41, 5.74) is 7.03. The zero-order chi connectivity index (χ0) is 13.1. The van der Waals surface area contributed by atoms with Crippen molar-refractivity contribution < 1.29 is 9.53 Å². The molecule has 1 saturated heterocycles. The molecule has 0 aromatic heterocycles. The number of ether oxygens (including phenoxy) is 1. The molecule has 1 fully saturated rings. The Kier molecular flexibility index (Phi) is 4.22. The van der Waals surface area contributed by atoms with Crippen LogP contribution >= 0.6 is 11.6 Å². The van der Waals surface area contributed by atoms with Crippen molar-refractivity contribution in [2.24, 2.45) is 5.73 Å². The number of amides is 1. The lowest BCUT2D eigenvalue weighted by molar-refractivity contribution is -0.0167. The molecule has 0 saturated carbocycles. The van der Waals surface area contributed by atoms with Crippen LogP contribution in [-0.2, 0) is 4.74 Å². The standard InChI is InChI=1S/C13H17ClN2O2/c1-9-3-2-4-11(12(9)14)13(17)16-5-6-18-10(7-15)8-16/h2-4,10H,5-8,15H2,1H3. The van der Waals surface area contributed by atoms with Gasteiger partial charge in [-0.3, -0.25) is 4.79 Å². The minimum Gasteiger partial charge on any atom is -0.373 e. The lowest BCUT2D eigenvalue weighted by Crippen LogP contribution is -2.48. The Morgan fingerprint density at radius 1 is 1.61 bits per heavy atom. The maximum Gasteiger partial charge on any atom is 0.255 e. The topological polar surface area (TPSA) is 55.6 Å². The minimum atomic E-state index is -0.0775. The Labute approximate surface area is 112 Å². The summed E-state index contributed by atoms with van der Waals surface area (Å²) in [7, 11) is 0. The second-order valence-electron chi connectivity index (χ2n) is 4.42.